The van der Waals surface area contributed by atoms with Crippen molar-refractivity contribution >= 4 is 23.3 Å². The van der Waals surface area contributed by atoms with Gasteiger partial charge in [0.05, 0.1) is 11.2 Å². The van der Waals surface area contributed by atoms with Gasteiger partial charge in [0.2, 0.25) is 5.91 Å². The predicted octanol–water partition coefficient (Wildman–Crippen LogP) is 3.75. The number of nitrogens with one attached hydrogen (secondary N) is 2. The first kappa shape index (κ1) is 19.1. The lowest BCUT2D eigenvalue weighted by Crippen LogP contribution is -2.36. The number of carbonyl (C=O) groups is 1. The van der Waals surface area contributed by atoms with Crippen molar-refractivity contribution in [2.75, 3.05) is 11.9 Å². The molecule has 0 radical (unpaired) electrons. The molecule has 2 N–H and O–H groups in total. The van der Waals surface area contributed by atoms with Crippen LogP contribution in [0.15, 0.2) is 18.5 Å². The van der Waals surface area contributed by atoms with Crippen LogP contribution in [0.1, 0.15) is 39.3 Å². The summed E-state index contributed by atoms with van der Waals surface area (Å²) in [4.78, 5) is 17.3. The van der Waals surface area contributed by atoms with Gasteiger partial charge in [-0.3, -0.25) is 9.48 Å². The van der Waals surface area contributed by atoms with Crippen LogP contribution in [0.25, 0.3) is 11.1 Å². The molecule has 4 unspecified atom stereocenters. The zero-order valence-corrected chi connectivity index (χ0v) is 18.0. The van der Waals surface area contributed by atoms with E-state index in [4.69, 9.17) is 11.6 Å². The molecule has 7 heteroatoms. The zero-order chi connectivity index (χ0) is 20.3. The maximum absolute atomic E-state index is 12.9. The van der Waals surface area contributed by atoms with Crippen molar-refractivity contribution in [2.45, 2.75) is 52.6 Å². The highest BCUT2D eigenvalue weighted by atomic mass is 35.5. The molecule has 1 amide bonds. The fraction of sp³-hybridized carbons (Fsp3) is 0.591. The van der Waals surface area contributed by atoms with Gasteiger partial charge in [0.25, 0.3) is 0 Å². The van der Waals surface area contributed by atoms with Crippen LogP contribution in [0.4, 0.5) is 5.82 Å². The van der Waals surface area contributed by atoms with Crippen molar-refractivity contribution in [3.05, 3.63) is 29.2 Å². The van der Waals surface area contributed by atoms with Crippen molar-refractivity contribution in [3.63, 3.8) is 0 Å². The molecule has 4 atom stereocenters. The van der Waals surface area contributed by atoms with Crippen molar-refractivity contribution in [1.82, 2.24) is 20.1 Å². The third-order valence-corrected chi connectivity index (χ3v) is 7.34. The van der Waals surface area contributed by atoms with E-state index in [1.54, 1.807) is 6.20 Å². The third-order valence-electron chi connectivity index (χ3n) is 7.04. The average Bonchev–Trinajstić information content (AvgIpc) is 3.43. The molecule has 3 aliphatic rings. The third kappa shape index (κ3) is 3.36. The lowest BCUT2D eigenvalue weighted by molar-refractivity contribution is -0.121. The molecule has 154 valence electrons. The molecule has 2 bridgehead atoms. The maximum Gasteiger partial charge on any atom is 0.228 e. The normalized spacial score (nSPS) is 27.8. The van der Waals surface area contributed by atoms with Gasteiger partial charge < -0.3 is 10.6 Å². The molecule has 2 aromatic heterocycles. The van der Waals surface area contributed by atoms with Crippen molar-refractivity contribution in [1.29, 1.82) is 0 Å². The lowest BCUT2D eigenvalue weighted by atomic mass is 9.83. The van der Waals surface area contributed by atoms with E-state index < -0.39 is 0 Å². The minimum Gasteiger partial charge on any atom is -0.314 e. The summed E-state index contributed by atoms with van der Waals surface area (Å²) in [5.74, 6) is 1.65. The van der Waals surface area contributed by atoms with E-state index in [1.165, 1.54) is 12.1 Å². The summed E-state index contributed by atoms with van der Waals surface area (Å²) in [5, 5.41) is 11.7. The van der Waals surface area contributed by atoms with Crippen LogP contribution in [0, 0.1) is 23.2 Å². The molecule has 2 aromatic rings. The molecule has 5 rings (SSSR count). The van der Waals surface area contributed by atoms with Crippen molar-refractivity contribution < 1.29 is 4.79 Å². The molecule has 0 aromatic carbocycles. The summed E-state index contributed by atoms with van der Waals surface area (Å²) in [7, 11) is 0. The average molecular weight is 414 g/mol. The number of aromatic nitrogens is 3. The Morgan fingerprint density at radius 1 is 1.34 bits per heavy atom. The van der Waals surface area contributed by atoms with Crippen LogP contribution in [-0.4, -0.2) is 33.3 Å². The Balaban J connectivity index is 1.36. The Kier molecular flexibility index (Phi) is 4.48. The minimum atomic E-state index is -0.0192. The van der Waals surface area contributed by atoms with E-state index in [9.17, 15) is 4.79 Å². The first-order valence-corrected chi connectivity index (χ1v) is 10.9. The maximum atomic E-state index is 12.9. The molecular weight excluding hydrogens is 386 g/mol. The Bertz CT molecular complexity index is 968. The fourth-order valence-corrected chi connectivity index (χ4v) is 5.72. The first-order chi connectivity index (χ1) is 13.8. The summed E-state index contributed by atoms with van der Waals surface area (Å²) in [6.45, 7) is 8.49. The van der Waals surface area contributed by atoms with Gasteiger partial charge in [0.15, 0.2) is 0 Å². The van der Waals surface area contributed by atoms with Crippen LogP contribution in [0.5, 0.6) is 0 Å². The predicted molar refractivity (Wildman–Crippen MR) is 114 cm³/mol. The van der Waals surface area contributed by atoms with Gasteiger partial charge in [-0.25, -0.2) is 4.98 Å². The van der Waals surface area contributed by atoms with Gasteiger partial charge >= 0.3 is 0 Å². The Morgan fingerprint density at radius 2 is 2.17 bits per heavy atom. The molecule has 1 saturated heterocycles. The summed E-state index contributed by atoms with van der Waals surface area (Å²) >= 11 is 6.49. The Hall–Kier alpha value is -1.92. The molecule has 1 saturated carbocycles. The molecule has 2 aliphatic heterocycles. The molecule has 2 fully saturated rings. The van der Waals surface area contributed by atoms with E-state index >= 15 is 0 Å². The van der Waals surface area contributed by atoms with E-state index in [0.717, 1.165) is 37.1 Å². The standard InChI is InChI=1S/C22H28ClN5O/c1-12(15-5-14-4-13(15)8-24-14)21(29)27-20-6-16(18(23)10-25-20)17-9-26-28-11-22(2,3)7-19(17)28/h6,9-10,12-15,24H,4-5,7-8,11H2,1-3H3,(H,25,27,29). The number of rotatable bonds is 4. The molecule has 0 spiro atoms. The summed E-state index contributed by atoms with van der Waals surface area (Å²) < 4.78 is 2.07. The summed E-state index contributed by atoms with van der Waals surface area (Å²) in [6, 6.07) is 2.48. The van der Waals surface area contributed by atoms with E-state index in [-0.39, 0.29) is 17.2 Å². The van der Waals surface area contributed by atoms with Crippen LogP contribution in [0.3, 0.4) is 0 Å². The van der Waals surface area contributed by atoms with E-state index in [2.05, 4.69) is 39.2 Å². The second-order valence-electron chi connectivity index (χ2n) is 9.83. The zero-order valence-electron chi connectivity index (χ0n) is 17.2. The Morgan fingerprint density at radius 3 is 2.90 bits per heavy atom. The second-order valence-corrected chi connectivity index (χ2v) is 10.2. The second kappa shape index (κ2) is 6.81. The number of amides is 1. The van der Waals surface area contributed by atoms with E-state index in [0.29, 0.717) is 28.7 Å². The highest BCUT2D eigenvalue weighted by Crippen LogP contribution is 2.42. The minimum absolute atomic E-state index is 0.0192. The van der Waals surface area contributed by atoms with Crippen LogP contribution >= 0.6 is 11.6 Å². The monoisotopic (exact) mass is 413 g/mol. The number of hydrogen-bond donors (Lipinski definition) is 2. The fourth-order valence-electron chi connectivity index (χ4n) is 5.51. The molecular formula is C22H28ClN5O. The van der Waals surface area contributed by atoms with Crippen LogP contribution < -0.4 is 10.6 Å². The van der Waals surface area contributed by atoms with Gasteiger partial charge in [-0.1, -0.05) is 32.4 Å². The smallest absolute Gasteiger partial charge is 0.228 e. The van der Waals surface area contributed by atoms with Gasteiger partial charge in [0.1, 0.15) is 5.82 Å². The lowest BCUT2D eigenvalue weighted by Gasteiger charge is -2.27. The van der Waals surface area contributed by atoms with Gasteiger partial charge in [-0.2, -0.15) is 5.10 Å². The largest absolute Gasteiger partial charge is 0.314 e. The number of pyridine rings is 1. The molecule has 4 heterocycles. The summed E-state index contributed by atoms with van der Waals surface area (Å²) in [6.07, 6.45) is 6.76. The van der Waals surface area contributed by atoms with Crippen LogP contribution in [-0.2, 0) is 17.8 Å². The number of halogens is 1. The number of fused-ring (bicyclic) bond motifs is 3. The van der Waals surface area contributed by atoms with Crippen molar-refractivity contribution in [3.8, 4) is 11.1 Å². The molecule has 1 aliphatic carbocycles. The number of carbonyl (C=O) groups excluding carboxylic acids is 1. The summed E-state index contributed by atoms with van der Waals surface area (Å²) in [5.41, 5.74) is 3.31. The van der Waals surface area contributed by atoms with Crippen molar-refractivity contribution in [2.24, 2.45) is 23.2 Å². The number of piperidine rings is 1. The SMILES string of the molecule is CC(C(=O)Nc1cc(-c2cnn3c2CC(C)(C)C3)c(Cl)cn1)C1CC2CC1CN2. The molecule has 6 nitrogen and oxygen atoms in total. The highest BCUT2D eigenvalue weighted by Gasteiger charge is 2.43. The van der Waals surface area contributed by atoms with Gasteiger partial charge in [-0.15, -0.1) is 0 Å². The quantitative estimate of drug-likeness (QED) is 0.800. The number of nitrogens with zero attached hydrogens (tertiary/aromatic N) is 3. The van der Waals surface area contributed by atoms with E-state index in [1.807, 2.05) is 19.2 Å². The topological polar surface area (TPSA) is 71.8 Å². The van der Waals surface area contributed by atoms with Gasteiger partial charge in [0, 0.05) is 41.5 Å². The number of hydrogen-bond acceptors (Lipinski definition) is 4. The highest BCUT2D eigenvalue weighted by molar-refractivity contribution is 6.33. The molecule has 29 heavy (non-hydrogen) atoms. The van der Waals surface area contributed by atoms with Crippen LogP contribution in [0.2, 0.25) is 5.02 Å². The Labute approximate surface area is 176 Å². The first-order valence-electron chi connectivity index (χ1n) is 10.6. The van der Waals surface area contributed by atoms with Gasteiger partial charge in [-0.05, 0) is 49.1 Å². The number of anilines is 1.